The zero-order valence-corrected chi connectivity index (χ0v) is 14.4. The van der Waals surface area contributed by atoms with Gasteiger partial charge >= 0.3 is 0 Å². The number of benzene rings is 4. The third-order valence-corrected chi connectivity index (χ3v) is 5.05. The first-order chi connectivity index (χ1) is 13.4. The summed E-state index contributed by atoms with van der Waals surface area (Å²) in [5.74, 6) is 3.01. The zero-order chi connectivity index (χ0) is 17.8. The van der Waals surface area contributed by atoms with Crippen LogP contribution in [0.2, 0.25) is 0 Å². The van der Waals surface area contributed by atoms with Gasteiger partial charge in [0.2, 0.25) is 0 Å². The zero-order valence-electron chi connectivity index (χ0n) is 14.4. The van der Waals surface area contributed by atoms with E-state index in [2.05, 4.69) is 59.2 Å². The fourth-order valence-electron chi connectivity index (χ4n) is 3.89. The molecule has 27 heavy (non-hydrogen) atoms. The van der Waals surface area contributed by atoms with Gasteiger partial charge in [-0.3, -0.25) is 0 Å². The predicted molar refractivity (Wildman–Crippen MR) is 107 cm³/mol. The van der Waals surface area contributed by atoms with Crippen molar-refractivity contribution in [3.63, 3.8) is 0 Å². The molecule has 0 bridgehead atoms. The molecule has 0 aliphatic carbocycles. The van der Waals surface area contributed by atoms with Crippen molar-refractivity contribution in [2.75, 3.05) is 0 Å². The highest BCUT2D eigenvalue weighted by atomic mass is 16.6. The molecule has 0 saturated heterocycles. The topological polar surface area (TPSA) is 23.4 Å². The third kappa shape index (κ3) is 2.02. The Balaban J connectivity index is 1.72. The number of para-hydroxylation sites is 4. The molecule has 0 N–H and O–H groups in total. The first kappa shape index (κ1) is 14.4. The molecule has 3 nitrogen and oxygen atoms in total. The summed E-state index contributed by atoms with van der Waals surface area (Å²) in [4.78, 5) is 0. The fraction of sp³-hybridized carbons (Fsp3) is 0. The van der Waals surface area contributed by atoms with E-state index < -0.39 is 0 Å². The molecule has 0 unspecified atom stereocenters. The SMILES string of the molecule is c1ccc(-n2c3ccccc3c3c4c(ccc32)Oc2ccccc2O4)cc1. The second kappa shape index (κ2) is 5.39. The number of fused-ring (bicyclic) bond motifs is 6. The number of rotatable bonds is 1. The van der Waals surface area contributed by atoms with Crippen molar-refractivity contribution >= 4 is 21.8 Å². The van der Waals surface area contributed by atoms with E-state index in [1.807, 2.05) is 36.4 Å². The van der Waals surface area contributed by atoms with Gasteiger partial charge < -0.3 is 14.0 Å². The summed E-state index contributed by atoms with van der Waals surface area (Å²) in [5, 5.41) is 2.22. The molecule has 5 aromatic rings. The van der Waals surface area contributed by atoms with Crippen molar-refractivity contribution in [1.29, 1.82) is 0 Å². The fourth-order valence-corrected chi connectivity index (χ4v) is 3.89. The van der Waals surface area contributed by atoms with Crippen LogP contribution in [-0.2, 0) is 0 Å². The van der Waals surface area contributed by atoms with Gasteiger partial charge in [-0.05, 0) is 42.5 Å². The molecule has 6 rings (SSSR count). The second-order valence-electron chi connectivity index (χ2n) is 6.63. The molecular weight excluding hydrogens is 334 g/mol. The molecule has 3 heteroatoms. The Hall–Kier alpha value is -3.72. The largest absolute Gasteiger partial charge is 0.449 e. The lowest BCUT2D eigenvalue weighted by Gasteiger charge is -2.21. The lowest BCUT2D eigenvalue weighted by Crippen LogP contribution is -1.99. The molecule has 0 spiro atoms. The Morgan fingerprint density at radius 1 is 0.519 bits per heavy atom. The van der Waals surface area contributed by atoms with Crippen LogP contribution in [0.25, 0.3) is 27.5 Å². The monoisotopic (exact) mass is 349 g/mol. The van der Waals surface area contributed by atoms with E-state index in [1.165, 1.54) is 0 Å². The van der Waals surface area contributed by atoms with E-state index in [0.29, 0.717) is 0 Å². The van der Waals surface area contributed by atoms with Gasteiger partial charge in [0.05, 0.1) is 16.4 Å². The normalized spacial score (nSPS) is 12.3. The van der Waals surface area contributed by atoms with Crippen LogP contribution in [0.15, 0.2) is 91.0 Å². The van der Waals surface area contributed by atoms with Crippen LogP contribution in [0.5, 0.6) is 23.0 Å². The summed E-state index contributed by atoms with van der Waals surface area (Å²) >= 11 is 0. The van der Waals surface area contributed by atoms with E-state index >= 15 is 0 Å². The summed E-state index contributed by atoms with van der Waals surface area (Å²) in [6.07, 6.45) is 0. The minimum absolute atomic E-state index is 0.744. The van der Waals surface area contributed by atoms with Crippen LogP contribution in [0, 0.1) is 0 Å². The highest BCUT2D eigenvalue weighted by molar-refractivity contribution is 6.13. The van der Waals surface area contributed by atoms with Gasteiger partial charge in [-0.15, -0.1) is 0 Å². The van der Waals surface area contributed by atoms with E-state index in [1.54, 1.807) is 0 Å². The number of hydrogen-bond acceptors (Lipinski definition) is 2. The maximum absolute atomic E-state index is 6.31. The molecule has 4 aromatic carbocycles. The van der Waals surface area contributed by atoms with E-state index in [0.717, 1.165) is 50.5 Å². The minimum atomic E-state index is 0.744. The maximum atomic E-state index is 6.31. The van der Waals surface area contributed by atoms with Crippen molar-refractivity contribution in [2.24, 2.45) is 0 Å². The van der Waals surface area contributed by atoms with Crippen LogP contribution >= 0.6 is 0 Å². The van der Waals surface area contributed by atoms with Crippen molar-refractivity contribution < 1.29 is 9.47 Å². The summed E-state index contributed by atoms with van der Waals surface area (Å²) in [6, 6.07) is 30.7. The van der Waals surface area contributed by atoms with Gasteiger partial charge in [0, 0.05) is 11.1 Å². The molecule has 0 amide bonds. The molecule has 1 aromatic heterocycles. The Morgan fingerprint density at radius 2 is 1.22 bits per heavy atom. The van der Waals surface area contributed by atoms with Crippen LogP contribution in [0.4, 0.5) is 0 Å². The van der Waals surface area contributed by atoms with Gasteiger partial charge in [0.25, 0.3) is 0 Å². The first-order valence-electron chi connectivity index (χ1n) is 8.96. The van der Waals surface area contributed by atoms with Crippen LogP contribution in [0.3, 0.4) is 0 Å². The Morgan fingerprint density at radius 3 is 2.07 bits per heavy atom. The lowest BCUT2D eigenvalue weighted by atomic mass is 10.1. The first-order valence-corrected chi connectivity index (χ1v) is 8.96. The molecule has 1 aliphatic heterocycles. The molecule has 2 heterocycles. The van der Waals surface area contributed by atoms with Crippen molar-refractivity contribution in [3.05, 3.63) is 91.0 Å². The minimum Gasteiger partial charge on any atom is -0.449 e. The maximum Gasteiger partial charge on any atom is 0.180 e. The average Bonchev–Trinajstić information content (AvgIpc) is 3.08. The van der Waals surface area contributed by atoms with Crippen LogP contribution < -0.4 is 9.47 Å². The number of nitrogens with zero attached hydrogens (tertiary/aromatic N) is 1. The second-order valence-corrected chi connectivity index (χ2v) is 6.63. The number of aromatic nitrogens is 1. The van der Waals surface area contributed by atoms with Gasteiger partial charge in [0.1, 0.15) is 0 Å². The number of hydrogen-bond donors (Lipinski definition) is 0. The quantitative estimate of drug-likeness (QED) is 0.330. The predicted octanol–water partition coefficient (Wildman–Crippen LogP) is 6.68. The van der Waals surface area contributed by atoms with Crippen LogP contribution in [0.1, 0.15) is 0 Å². The number of ether oxygens (including phenoxy) is 2. The molecule has 0 atom stereocenters. The summed E-state index contributed by atoms with van der Waals surface area (Å²) in [5.41, 5.74) is 3.37. The Bertz CT molecular complexity index is 1320. The van der Waals surface area contributed by atoms with E-state index in [9.17, 15) is 0 Å². The highest BCUT2D eigenvalue weighted by Crippen LogP contribution is 2.50. The molecule has 0 radical (unpaired) electrons. The van der Waals surface area contributed by atoms with Gasteiger partial charge in [-0.25, -0.2) is 0 Å². The molecule has 128 valence electrons. The summed E-state index contributed by atoms with van der Waals surface area (Å²) < 4.78 is 14.7. The van der Waals surface area contributed by atoms with E-state index in [-0.39, 0.29) is 0 Å². The molecule has 0 fully saturated rings. The molecular formula is C24H15NO2. The third-order valence-electron chi connectivity index (χ3n) is 5.05. The highest BCUT2D eigenvalue weighted by Gasteiger charge is 2.24. The van der Waals surface area contributed by atoms with Crippen molar-refractivity contribution in [2.45, 2.75) is 0 Å². The molecule has 0 saturated carbocycles. The van der Waals surface area contributed by atoms with E-state index in [4.69, 9.17) is 9.47 Å². The van der Waals surface area contributed by atoms with Crippen molar-refractivity contribution in [1.82, 2.24) is 4.57 Å². The average molecular weight is 349 g/mol. The van der Waals surface area contributed by atoms with Gasteiger partial charge in [-0.2, -0.15) is 0 Å². The van der Waals surface area contributed by atoms with Gasteiger partial charge in [0.15, 0.2) is 23.0 Å². The Labute approximate surface area is 156 Å². The standard InChI is InChI=1S/C24H15NO2/c1-2-8-16(9-3-1)25-18-11-5-4-10-17(18)23-19(25)14-15-22-24(23)27-21-13-7-6-12-20(21)26-22/h1-15H. The Kier molecular flexibility index (Phi) is 2.88. The summed E-state index contributed by atoms with van der Waals surface area (Å²) in [6.45, 7) is 0. The lowest BCUT2D eigenvalue weighted by molar-refractivity contribution is 0.363. The van der Waals surface area contributed by atoms with Crippen LogP contribution in [-0.4, -0.2) is 4.57 Å². The summed E-state index contributed by atoms with van der Waals surface area (Å²) in [7, 11) is 0. The van der Waals surface area contributed by atoms with Crippen molar-refractivity contribution in [3.8, 4) is 28.7 Å². The smallest absolute Gasteiger partial charge is 0.180 e. The van der Waals surface area contributed by atoms with Gasteiger partial charge in [-0.1, -0.05) is 48.5 Å². The molecule has 1 aliphatic rings.